The van der Waals surface area contributed by atoms with Gasteiger partial charge in [0.1, 0.15) is 6.10 Å². The van der Waals surface area contributed by atoms with Crippen LogP contribution in [0.4, 0.5) is 16.2 Å². The Morgan fingerprint density at radius 2 is 2.13 bits per heavy atom. The second-order valence-corrected chi connectivity index (χ2v) is 3.67. The Balaban J connectivity index is 2.18. The highest BCUT2D eigenvalue weighted by Gasteiger charge is 2.31. The lowest BCUT2D eigenvalue weighted by molar-refractivity contribution is 0.151. The van der Waals surface area contributed by atoms with Gasteiger partial charge in [-0.3, -0.25) is 4.90 Å². The number of nitrogens with two attached hydrogens (primary N) is 1. The molecule has 1 saturated heterocycles. The number of carbonyl (C=O) groups excluding carboxylic acids is 1. The standard InChI is InChI=1S/C10H11ClN2O2/c11-5-9-6-13(10(14)15-9)8-3-1-7(12)2-4-8/h1-4,9H,5-6,12H2. The maximum absolute atomic E-state index is 11.4. The van der Waals surface area contributed by atoms with E-state index in [0.717, 1.165) is 5.69 Å². The summed E-state index contributed by atoms with van der Waals surface area (Å²) in [6.07, 6.45) is -0.581. The molecular formula is C10H11ClN2O2. The van der Waals surface area contributed by atoms with Crippen molar-refractivity contribution in [3.8, 4) is 0 Å². The minimum absolute atomic E-state index is 0.225. The van der Waals surface area contributed by atoms with Crippen LogP contribution in [0.25, 0.3) is 0 Å². The average molecular weight is 227 g/mol. The molecule has 1 aliphatic rings. The van der Waals surface area contributed by atoms with E-state index in [9.17, 15) is 4.79 Å². The van der Waals surface area contributed by atoms with Crippen molar-refractivity contribution in [2.75, 3.05) is 23.1 Å². The summed E-state index contributed by atoms with van der Waals surface area (Å²) in [4.78, 5) is 13.0. The van der Waals surface area contributed by atoms with E-state index in [4.69, 9.17) is 22.1 Å². The first-order valence-electron chi connectivity index (χ1n) is 4.60. The molecule has 0 spiro atoms. The first kappa shape index (κ1) is 10.1. The number of benzene rings is 1. The number of ether oxygens (including phenoxy) is 1. The molecule has 80 valence electrons. The molecule has 2 N–H and O–H groups in total. The largest absolute Gasteiger partial charge is 0.443 e. The third-order valence-electron chi connectivity index (χ3n) is 2.25. The van der Waals surface area contributed by atoms with Gasteiger partial charge in [0.15, 0.2) is 0 Å². The first-order chi connectivity index (χ1) is 7.20. The molecule has 0 bridgehead atoms. The molecule has 15 heavy (non-hydrogen) atoms. The fraction of sp³-hybridized carbons (Fsp3) is 0.300. The van der Waals surface area contributed by atoms with Gasteiger partial charge in [-0.05, 0) is 24.3 Å². The number of nitrogen functional groups attached to an aromatic ring is 1. The molecule has 1 amide bonds. The number of anilines is 2. The number of cyclic esters (lactones) is 1. The number of amides is 1. The molecule has 1 aromatic rings. The maximum atomic E-state index is 11.4. The Morgan fingerprint density at radius 3 is 2.67 bits per heavy atom. The fourth-order valence-corrected chi connectivity index (χ4v) is 1.63. The van der Waals surface area contributed by atoms with Crippen LogP contribution < -0.4 is 10.6 Å². The van der Waals surface area contributed by atoms with Crippen LogP contribution in [0.3, 0.4) is 0 Å². The van der Waals surface area contributed by atoms with Crippen LogP contribution in [0.1, 0.15) is 0 Å². The summed E-state index contributed by atoms with van der Waals surface area (Å²) in [7, 11) is 0. The zero-order valence-electron chi connectivity index (χ0n) is 8.02. The van der Waals surface area contributed by atoms with Crippen molar-refractivity contribution < 1.29 is 9.53 Å². The summed E-state index contributed by atoms with van der Waals surface area (Å²) in [5, 5.41) is 0. The number of carbonyl (C=O) groups is 1. The van der Waals surface area contributed by atoms with Gasteiger partial charge in [0.05, 0.1) is 12.4 Å². The van der Waals surface area contributed by atoms with Crippen molar-refractivity contribution in [2.45, 2.75) is 6.10 Å². The van der Waals surface area contributed by atoms with E-state index in [0.29, 0.717) is 18.1 Å². The maximum Gasteiger partial charge on any atom is 0.414 e. The minimum Gasteiger partial charge on any atom is -0.443 e. The SMILES string of the molecule is Nc1ccc(N2CC(CCl)OC2=O)cc1. The van der Waals surface area contributed by atoms with Crippen LogP contribution >= 0.6 is 11.6 Å². The summed E-state index contributed by atoms with van der Waals surface area (Å²) in [5.41, 5.74) is 7.00. The fourth-order valence-electron chi connectivity index (χ4n) is 1.47. The molecule has 0 aliphatic carbocycles. The molecular weight excluding hydrogens is 216 g/mol. The topological polar surface area (TPSA) is 55.6 Å². The molecule has 0 saturated carbocycles. The molecule has 0 radical (unpaired) electrons. The molecule has 2 rings (SSSR count). The Bertz CT molecular complexity index is 366. The van der Waals surface area contributed by atoms with Gasteiger partial charge in [0.2, 0.25) is 0 Å². The Kier molecular flexibility index (Phi) is 2.68. The predicted octanol–water partition coefficient (Wildman–Crippen LogP) is 1.83. The van der Waals surface area contributed by atoms with Crippen LogP contribution in [0.5, 0.6) is 0 Å². The minimum atomic E-state index is -0.356. The van der Waals surface area contributed by atoms with Gasteiger partial charge in [0, 0.05) is 11.4 Å². The van der Waals surface area contributed by atoms with Crippen LogP contribution in [0.2, 0.25) is 0 Å². The van der Waals surface area contributed by atoms with Crippen molar-refractivity contribution in [3.05, 3.63) is 24.3 Å². The van der Waals surface area contributed by atoms with Crippen molar-refractivity contribution in [1.29, 1.82) is 0 Å². The number of rotatable bonds is 2. The number of halogens is 1. The highest BCUT2D eigenvalue weighted by molar-refractivity contribution is 6.18. The molecule has 5 heteroatoms. The lowest BCUT2D eigenvalue weighted by atomic mass is 10.2. The number of hydrogen-bond donors (Lipinski definition) is 1. The Hall–Kier alpha value is -1.42. The molecule has 0 aromatic heterocycles. The molecule has 4 nitrogen and oxygen atoms in total. The van der Waals surface area contributed by atoms with Crippen molar-refractivity contribution in [1.82, 2.24) is 0 Å². The Labute approximate surface area is 92.6 Å². The van der Waals surface area contributed by atoms with E-state index in [1.54, 1.807) is 29.2 Å². The molecule has 1 unspecified atom stereocenters. The average Bonchev–Trinajstić information content (AvgIpc) is 2.61. The lowest BCUT2D eigenvalue weighted by Crippen LogP contribution is -2.24. The van der Waals surface area contributed by atoms with Gasteiger partial charge in [-0.1, -0.05) is 0 Å². The van der Waals surface area contributed by atoms with Gasteiger partial charge in [-0.15, -0.1) is 11.6 Å². The smallest absolute Gasteiger partial charge is 0.414 e. The van der Waals surface area contributed by atoms with E-state index < -0.39 is 0 Å². The number of nitrogens with zero attached hydrogens (tertiary/aromatic N) is 1. The molecule has 1 atom stereocenters. The summed E-state index contributed by atoms with van der Waals surface area (Å²) >= 11 is 5.63. The van der Waals surface area contributed by atoms with Gasteiger partial charge in [0.25, 0.3) is 0 Å². The van der Waals surface area contributed by atoms with E-state index in [2.05, 4.69) is 0 Å². The molecule has 1 fully saturated rings. The quantitative estimate of drug-likeness (QED) is 0.618. The summed E-state index contributed by atoms with van der Waals surface area (Å²) in [6.45, 7) is 0.492. The summed E-state index contributed by atoms with van der Waals surface area (Å²) in [5.74, 6) is 0.317. The van der Waals surface area contributed by atoms with Crippen LogP contribution in [0.15, 0.2) is 24.3 Å². The van der Waals surface area contributed by atoms with Crippen molar-refractivity contribution >= 4 is 29.1 Å². The number of hydrogen-bond acceptors (Lipinski definition) is 3. The van der Waals surface area contributed by atoms with E-state index in [-0.39, 0.29) is 12.2 Å². The highest BCUT2D eigenvalue weighted by atomic mass is 35.5. The van der Waals surface area contributed by atoms with E-state index in [1.807, 2.05) is 0 Å². The lowest BCUT2D eigenvalue weighted by Gasteiger charge is -2.12. The van der Waals surface area contributed by atoms with Crippen LogP contribution in [0, 0.1) is 0 Å². The summed E-state index contributed by atoms with van der Waals surface area (Å²) < 4.78 is 5.03. The van der Waals surface area contributed by atoms with Crippen LogP contribution in [-0.4, -0.2) is 24.6 Å². The van der Waals surface area contributed by atoms with Crippen molar-refractivity contribution in [2.24, 2.45) is 0 Å². The second kappa shape index (κ2) is 3.98. The summed E-state index contributed by atoms with van der Waals surface area (Å²) in [6, 6.07) is 7.06. The zero-order valence-corrected chi connectivity index (χ0v) is 8.78. The molecule has 1 aromatic carbocycles. The van der Waals surface area contributed by atoms with Gasteiger partial charge >= 0.3 is 6.09 Å². The Morgan fingerprint density at radius 1 is 1.47 bits per heavy atom. The highest BCUT2D eigenvalue weighted by Crippen LogP contribution is 2.22. The van der Waals surface area contributed by atoms with Crippen molar-refractivity contribution in [3.63, 3.8) is 0 Å². The number of alkyl halides is 1. The van der Waals surface area contributed by atoms with Crippen LogP contribution in [-0.2, 0) is 4.74 Å². The predicted molar refractivity (Wildman–Crippen MR) is 59.2 cm³/mol. The third-order valence-corrected chi connectivity index (χ3v) is 2.60. The monoisotopic (exact) mass is 226 g/mol. The van der Waals surface area contributed by atoms with E-state index in [1.165, 1.54) is 0 Å². The molecule has 1 heterocycles. The zero-order chi connectivity index (χ0) is 10.8. The molecule has 1 aliphatic heterocycles. The van der Waals surface area contributed by atoms with Gasteiger partial charge in [-0.2, -0.15) is 0 Å². The van der Waals surface area contributed by atoms with E-state index >= 15 is 0 Å². The normalized spacial score (nSPS) is 20.5. The van der Waals surface area contributed by atoms with Gasteiger partial charge in [-0.25, -0.2) is 4.79 Å². The first-order valence-corrected chi connectivity index (χ1v) is 5.14. The second-order valence-electron chi connectivity index (χ2n) is 3.36. The van der Waals surface area contributed by atoms with Gasteiger partial charge < -0.3 is 10.5 Å². The third kappa shape index (κ3) is 1.99.